The number of para-hydroxylation sites is 1. The highest BCUT2D eigenvalue weighted by Crippen LogP contribution is 2.29. The first kappa shape index (κ1) is 10.7. The van der Waals surface area contributed by atoms with E-state index in [4.69, 9.17) is 4.42 Å². The standard InChI is InChI=1S/C12H7FO.C2H6/c13-9-5-3-7-11-12(9)8-4-1-2-6-10(8)14-11;1-2/h1-7H;1-2H3. The molecule has 3 aromatic rings. The summed E-state index contributed by atoms with van der Waals surface area (Å²) < 4.78 is 19.0. The van der Waals surface area contributed by atoms with E-state index in [2.05, 4.69) is 0 Å². The molecule has 0 aliphatic heterocycles. The molecule has 0 unspecified atom stereocenters. The molecule has 1 aromatic heterocycles. The van der Waals surface area contributed by atoms with Crippen LogP contribution in [0.5, 0.6) is 0 Å². The number of halogens is 1. The maximum Gasteiger partial charge on any atom is 0.138 e. The van der Waals surface area contributed by atoms with Crippen LogP contribution in [-0.2, 0) is 0 Å². The summed E-state index contributed by atoms with van der Waals surface area (Å²) in [4.78, 5) is 0. The SMILES string of the molecule is CC.Fc1cccc2oc3ccccc3c12. The minimum atomic E-state index is -0.229. The molecule has 0 amide bonds. The molecular weight excluding hydrogens is 203 g/mol. The van der Waals surface area contributed by atoms with Gasteiger partial charge in [0.05, 0.1) is 5.39 Å². The molecule has 0 atom stereocenters. The van der Waals surface area contributed by atoms with Crippen LogP contribution in [0.2, 0.25) is 0 Å². The molecule has 2 aromatic carbocycles. The minimum absolute atomic E-state index is 0.229. The Balaban J connectivity index is 0.000000457. The Kier molecular flexibility index (Phi) is 2.91. The van der Waals surface area contributed by atoms with Crippen molar-refractivity contribution in [1.29, 1.82) is 0 Å². The van der Waals surface area contributed by atoms with Crippen molar-refractivity contribution in [2.75, 3.05) is 0 Å². The van der Waals surface area contributed by atoms with Gasteiger partial charge in [0, 0.05) is 5.39 Å². The van der Waals surface area contributed by atoms with Crippen molar-refractivity contribution in [3.63, 3.8) is 0 Å². The van der Waals surface area contributed by atoms with E-state index < -0.39 is 0 Å². The smallest absolute Gasteiger partial charge is 0.138 e. The molecule has 0 N–H and O–H groups in total. The summed E-state index contributed by atoms with van der Waals surface area (Å²) >= 11 is 0. The Labute approximate surface area is 93.5 Å². The zero-order chi connectivity index (χ0) is 11.5. The summed E-state index contributed by atoms with van der Waals surface area (Å²) in [5, 5.41) is 1.41. The van der Waals surface area contributed by atoms with E-state index in [1.54, 1.807) is 12.1 Å². The first-order valence-electron chi connectivity index (χ1n) is 5.42. The number of benzene rings is 2. The van der Waals surface area contributed by atoms with Crippen LogP contribution in [-0.4, -0.2) is 0 Å². The first-order valence-corrected chi connectivity index (χ1v) is 5.42. The van der Waals surface area contributed by atoms with Crippen LogP contribution in [0.1, 0.15) is 13.8 Å². The normalized spacial score (nSPS) is 10.2. The molecule has 0 saturated heterocycles. The highest BCUT2D eigenvalue weighted by molar-refractivity contribution is 6.04. The van der Waals surface area contributed by atoms with Gasteiger partial charge in [-0.3, -0.25) is 0 Å². The Hall–Kier alpha value is -1.83. The number of rotatable bonds is 0. The summed E-state index contributed by atoms with van der Waals surface area (Å²) in [5.41, 5.74) is 1.33. The van der Waals surface area contributed by atoms with Gasteiger partial charge < -0.3 is 4.42 Å². The van der Waals surface area contributed by atoms with E-state index >= 15 is 0 Å². The molecule has 1 heterocycles. The lowest BCUT2D eigenvalue weighted by atomic mass is 10.1. The highest BCUT2D eigenvalue weighted by Gasteiger charge is 2.09. The summed E-state index contributed by atoms with van der Waals surface area (Å²) in [7, 11) is 0. The molecule has 0 bridgehead atoms. The van der Waals surface area contributed by atoms with E-state index in [0.717, 1.165) is 11.0 Å². The van der Waals surface area contributed by atoms with E-state index in [9.17, 15) is 4.39 Å². The van der Waals surface area contributed by atoms with Gasteiger partial charge >= 0.3 is 0 Å². The topological polar surface area (TPSA) is 13.1 Å². The summed E-state index contributed by atoms with van der Waals surface area (Å²) in [6.07, 6.45) is 0. The van der Waals surface area contributed by atoms with Crippen molar-refractivity contribution in [1.82, 2.24) is 0 Å². The van der Waals surface area contributed by atoms with Gasteiger partial charge in [-0.25, -0.2) is 4.39 Å². The van der Waals surface area contributed by atoms with Crippen molar-refractivity contribution in [2.24, 2.45) is 0 Å². The molecule has 0 aliphatic rings. The molecule has 0 fully saturated rings. The second-order valence-corrected chi connectivity index (χ2v) is 3.21. The first-order chi connectivity index (χ1) is 7.86. The monoisotopic (exact) mass is 216 g/mol. The van der Waals surface area contributed by atoms with E-state index in [-0.39, 0.29) is 5.82 Å². The average Bonchev–Trinajstić information content (AvgIpc) is 2.71. The van der Waals surface area contributed by atoms with E-state index in [1.165, 1.54) is 6.07 Å². The van der Waals surface area contributed by atoms with Crippen molar-refractivity contribution >= 4 is 21.9 Å². The predicted octanol–water partition coefficient (Wildman–Crippen LogP) is 4.75. The van der Waals surface area contributed by atoms with Crippen LogP contribution in [0.25, 0.3) is 21.9 Å². The molecule has 3 rings (SSSR count). The Morgan fingerprint density at radius 3 is 2.38 bits per heavy atom. The molecule has 0 saturated carbocycles. The van der Waals surface area contributed by atoms with E-state index in [1.807, 2.05) is 38.1 Å². The largest absolute Gasteiger partial charge is 0.456 e. The zero-order valence-corrected chi connectivity index (χ0v) is 9.33. The Bertz CT molecular complexity index is 610. The second kappa shape index (κ2) is 4.35. The molecule has 1 nitrogen and oxygen atoms in total. The fourth-order valence-corrected chi connectivity index (χ4v) is 1.73. The predicted molar refractivity (Wildman–Crippen MR) is 65.0 cm³/mol. The fourth-order valence-electron chi connectivity index (χ4n) is 1.73. The van der Waals surface area contributed by atoms with Gasteiger partial charge in [0.2, 0.25) is 0 Å². The van der Waals surface area contributed by atoms with Gasteiger partial charge in [0.15, 0.2) is 0 Å². The van der Waals surface area contributed by atoms with Crippen molar-refractivity contribution in [2.45, 2.75) is 13.8 Å². The van der Waals surface area contributed by atoms with Crippen LogP contribution in [0.4, 0.5) is 4.39 Å². The number of hydrogen-bond donors (Lipinski definition) is 0. The minimum Gasteiger partial charge on any atom is -0.456 e. The summed E-state index contributed by atoms with van der Waals surface area (Å²) in [5.74, 6) is -0.229. The van der Waals surface area contributed by atoms with Crippen LogP contribution >= 0.6 is 0 Å². The molecule has 0 aliphatic carbocycles. The number of furan rings is 1. The van der Waals surface area contributed by atoms with Gasteiger partial charge in [-0.1, -0.05) is 38.1 Å². The van der Waals surface area contributed by atoms with Gasteiger partial charge in [-0.2, -0.15) is 0 Å². The van der Waals surface area contributed by atoms with Crippen LogP contribution in [0.3, 0.4) is 0 Å². The lowest BCUT2D eigenvalue weighted by Gasteiger charge is -1.89. The van der Waals surface area contributed by atoms with Crippen molar-refractivity contribution in [3.05, 3.63) is 48.3 Å². The number of fused-ring (bicyclic) bond motifs is 3. The maximum absolute atomic E-state index is 13.5. The molecule has 0 spiro atoms. The highest BCUT2D eigenvalue weighted by atomic mass is 19.1. The molecule has 16 heavy (non-hydrogen) atoms. The van der Waals surface area contributed by atoms with Gasteiger partial charge in [-0.15, -0.1) is 0 Å². The zero-order valence-electron chi connectivity index (χ0n) is 9.33. The summed E-state index contributed by atoms with van der Waals surface area (Å²) in [6.45, 7) is 4.00. The molecular formula is C14H13FO. The quantitative estimate of drug-likeness (QED) is 0.528. The number of hydrogen-bond acceptors (Lipinski definition) is 1. The van der Waals surface area contributed by atoms with Crippen molar-refractivity contribution < 1.29 is 8.81 Å². The molecule has 82 valence electrons. The van der Waals surface area contributed by atoms with Crippen LogP contribution in [0, 0.1) is 5.82 Å². The van der Waals surface area contributed by atoms with Gasteiger partial charge in [0.25, 0.3) is 0 Å². The lowest BCUT2D eigenvalue weighted by molar-refractivity contribution is 0.634. The summed E-state index contributed by atoms with van der Waals surface area (Å²) in [6, 6.07) is 12.3. The van der Waals surface area contributed by atoms with E-state index in [0.29, 0.717) is 11.0 Å². The van der Waals surface area contributed by atoms with Gasteiger partial charge in [-0.05, 0) is 18.2 Å². The average molecular weight is 216 g/mol. The lowest BCUT2D eigenvalue weighted by Crippen LogP contribution is -1.73. The third kappa shape index (κ3) is 1.56. The van der Waals surface area contributed by atoms with Crippen molar-refractivity contribution in [3.8, 4) is 0 Å². The fraction of sp³-hybridized carbons (Fsp3) is 0.143. The maximum atomic E-state index is 13.5. The Morgan fingerprint density at radius 2 is 1.56 bits per heavy atom. The second-order valence-electron chi connectivity index (χ2n) is 3.21. The third-order valence-corrected chi connectivity index (χ3v) is 2.35. The Morgan fingerprint density at radius 1 is 0.875 bits per heavy atom. The van der Waals surface area contributed by atoms with Gasteiger partial charge in [0.1, 0.15) is 17.0 Å². The molecule has 2 heteroatoms. The molecule has 0 radical (unpaired) electrons. The third-order valence-electron chi connectivity index (χ3n) is 2.35. The van der Waals surface area contributed by atoms with Crippen LogP contribution < -0.4 is 0 Å². The van der Waals surface area contributed by atoms with Crippen LogP contribution in [0.15, 0.2) is 46.9 Å².